The molecule has 1 aliphatic carbocycles. The summed E-state index contributed by atoms with van der Waals surface area (Å²) in [5, 5.41) is 0. The van der Waals surface area contributed by atoms with Crippen LogP contribution in [-0.4, -0.2) is 30.4 Å². The summed E-state index contributed by atoms with van der Waals surface area (Å²) in [6.07, 6.45) is 5.21. The molecule has 82 valence electrons. The van der Waals surface area contributed by atoms with Gasteiger partial charge in [-0.25, -0.2) is 0 Å². The van der Waals surface area contributed by atoms with E-state index in [-0.39, 0.29) is 0 Å². The average molecular weight is 198 g/mol. The fourth-order valence-corrected chi connectivity index (χ4v) is 1.60. The Bertz CT molecular complexity index is 178. The molecule has 1 amide bonds. The van der Waals surface area contributed by atoms with E-state index in [2.05, 4.69) is 6.92 Å². The lowest BCUT2D eigenvalue weighted by atomic mass is 10.2. The largest absolute Gasteiger partial charge is 0.343 e. The Balaban J connectivity index is 2.16. The van der Waals surface area contributed by atoms with Crippen LogP contribution in [0.3, 0.4) is 0 Å². The van der Waals surface area contributed by atoms with E-state index >= 15 is 0 Å². The Kier molecular flexibility index (Phi) is 4.94. The van der Waals surface area contributed by atoms with Crippen LogP contribution in [-0.2, 0) is 4.79 Å². The molecule has 1 fully saturated rings. The van der Waals surface area contributed by atoms with Crippen molar-refractivity contribution >= 4 is 5.91 Å². The van der Waals surface area contributed by atoms with Crippen LogP contribution in [0.15, 0.2) is 0 Å². The van der Waals surface area contributed by atoms with Crippen LogP contribution in [0.2, 0.25) is 0 Å². The minimum absolute atomic E-state index is 0.313. The van der Waals surface area contributed by atoms with Gasteiger partial charge >= 0.3 is 0 Å². The average Bonchev–Trinajstić information content (AvgIpc) is 2.98. The lowest BCUT2D eigenvalue weighted by molar-refractivity contribution is -0.131. The Morgan fingerprint density at radius 3 is 2.64 bits per heavy atom. The Morgan fingerprint density at radius 2 is 2.14 bits per heavy atom. The van der Waals surface area contributed by atoms with Gasteiger partial charge in [0.05, 0.1) is 0 Å². The molecular weight excluding hydrogens is 176 g/mol. The molecule has 0 aliphatic heterocycles. The monoisotopic (exact) mass is 198 g/mol. The lowest BCUT2D eigenvalue weighted by Gasteiger charge is -2.20. The molecule has 0 aromatic heterocycles. The predicted octanol–water partition coefficient (Wildman–Crippen LogP) is 1.37. The molecule has 0 aromatic carbocycles. The van der Waals surface area contributed by atoms with E-state index in [4.69, 9.17) is 5.73 Å². The summed E-state index contributed by atoms with van der Waals surface area (Å²) in [4.78, 5) is 13.7. The van der Waals surface area contributed by atoms with E-state index in [1.807, 2.05) is 4.90 Å². The first kappa shape index (κ1) is 11.5. The van der Waals surface area contributed by atoms with E-state index in [1.165, 1.54) is 12.8 Å². The van der Waals surface area contributed by atoms with Gasteiger partial charge in [-0.2, -0.15) is 0 Å². The molecular formula is C11H22N2O. The molecule has 0 saturated heterocycles. The van der Waals surface area contributed by atoms with Crippen LogP contribution in [0.4, 0.5) is 0 Å². The highest BCUT2D eigenvalue weighted by molar-refractivity contribution is 5.76. The third-order valence-corrected chi connectivity index (χ3v) is 2.75. The first-order valence-electron chi connectivity index (χ1n) is 5.75. The quantitative estimate of drug-likeness (QED) is 0.628. The summed E-state index contributed by atoms with van der Waals surface area (Å²) in [7, 11) is 0. The standard InChI is InChI=1S/C11H22N2O/c1-2-13(9-10-6-7-10)11(14)5-3-4-8-12/h10H,2-9,12H2,1H3. The van der Waals surface area contributed by atoms with Gasteiger partial charge in [-0.3, -0.25) is 4.79 Å². The smallest absolute Gasteiger partial charge is 0.222 e. The second-order valence-corrected chi connectivity index (χ2v) is 4.12. The van der Waals surface area contributed by atoms with Crippen molar-refractivity contribution in [1.29, 1.82) is 0 Å². The van der Waals surface area contributed by atoms with Gasteiger partial charge in [0.1, 0.15) is 0 Å². The van der Waals surface area contributed by atoms with E-state index < -0.39 is 0 Å². The van der Waals surface area contributed by atoms with Gasteiger partial charge in [-0.1, -0.05) is 0 Å². The van der Waals surface area contributed by atoms with Gasteiger partial charge in [0.2, 0.25) is 5.91 Å². The Labute approximate surface area is 86.6 Å². The zero-order chi connectivity index (χ0) is 10.4. The van der Waals surface area contributed by atoms with E-state index in [0.29, 0.717) is 18.9 Å². The third-order valence-electron chi connectivity index (χ3n) is 2.75. The van der Waals surface area contributed by atoms with Crippen LogP contribution in [0.5, 0.6) is 0 Å². The van der Waals surface area contributed by atoms with E-state index in [1.54, 1.807) is 0 Å². The van der Waals surface area contributed by atoms with Crippen LogP contribution in [0.25, 0.3) is 0 Å². The minimum Gasteiger partial charge on any atom is -0.343 e. The molecule has 1 rings (SSSR count). The van der Waals surface area contributed by atoms with Gasteiger partial charge in [0.25, 0.3) is 0 Å². The second kappa shape index (κ2) is 6.02. The molecule has 0 unspecified atom stereocenters. The van der Waals surface area contributed by atoms with Crippen molar-refractivity contribution in [3.05, 3.63) is 0 Å². The molecule has 2 N–H and O–H groups in total. The number of nitrogens with zero attached hydrogens (tertiary/aromatic N) is 1. The fourth-order valence-electron chi connectivity index (χ4n) is 1.60. The fraction of sp³-hybridized carbons (Fsp3) is 0.909. The molecule has 14 heavy (non-hydrogen) atoms. The first-order chi connectivity index (χ1) is 6.77. The summed E-state index contributed by atoms with van der Waals surface area (Å²) in [5.74, 6) is 1.11. The van der Waals surface area contributed by atoms with E-state index in [0.717, 1.165) is 31.8 Å². The summed E-state index contributed by atoms with van der Waals surface area (Å²) in [6.45, 7) is 4.60. The van der Waals surface area contributed by atoms with Crippen molar-refractivity contribution in [2.45, 2.75) is 39.0 Å². The molecule has 0 spiro atoms. The highest BCUT2D eigenvalue weighted by atomic mass is 16.2. The van der Waals surface area contributed by atoms with Gasteiger partial charge < -0.3 is 10.6 Å². The first-order valence-corrected chi connectivity index (χ1v) is 5.75. The molecule has 3 heteroatoms. The SMILES string of the molecule is CCN(CC1CC1)C(=O)CCCCN. The number of hydrogen-bond acceptors (Lipinski definition) is 2. The Hall–Kier alpha value is -0.570. The number of rotatable bonds is 7. The van der Waals surface area contributed by atoms with Crippen molar-refractivity contribution in [2.24, 2.45) is 11.7 Å². The highest BCUT2D eigenvalue weighted by Crippen LogP contribution is 2.29. The molecule has 1 saturated carbocycles. The van der Waals surface area contributed by atoms with Crippen LogP contribution in [0, 0.1) is 5.92 Å². The van der Waals surface area contributed by atoms with Crippen molar-refractivity contribution in [3.63, 3.8) is 0 Å². The summed E-state index contributed by atoms with van der Waals surface area (Å²) >= 11 is 0. The number of unbranched alkanes of at least 4 members (excludes halogenated alkanes) is 1. The molecule has 3 nitrogen and oxygen atoms in total. The van der Waals surface area contributed by atoms with Gasteiger partial charge in [-0.15, -0.1) is 0 Å². The van der Waals surface area contributed by atoms with Gasteiger partial charge in [0.15, 0.2) is 0 Å². The maximum Gasteiger partial charge on any atom is 0.222 e. The van der Waals surface area contributed by atoms with Gasteiger partial charge in [-0.05, 0) is 45.1 Å². The normalized spacial score (nSPS) is 15.6. The summed E-state index contributed by atoms with van der Waals surface area (Å²) < 4.78 is 0. The maximum absolute atomic E-state index is 11.7. The van der Waals surface area contributed by atoms with Gasteiger partial charge in [0, 0.05) is 19.5 Å². The highest BCUT2D eigenvalue weighted by Gasteiger charge is 2.25. The topological polar surface area (TPSA) is 46.3 Å². The lowest BCUT2D eigenvalue weighted by Crippen LogP contribution is -2.32. The predicted molar refractivity (Wildman–Crippen MR) is 57.9 cm³/mol. The number of carbonyl (C=O) groups excluding carboxylic acids is 1. The van der Waals surface area contributed by atoms with Crippen LogP contribution >= 0.6 is 0 Å². The van der Waals surface area contributed by atoms with Crippen molar-refractivity contribution in [2.75, 3.05) is 19.6 Å². The molecule has 1 aliphatic rings. The number of nitrogens with two attached hydrogens (primary N) is 1. The van der Waals surface area contributed by atoms with Crippen LogP contribution in [0.1, 0.15) is 39.0 Å². The molecule has 0 atom stereocenters. The molecule has 0 radical (unpaired) electrons. The number of amides is 1. The third kappa shape index (κ3) is 4.09. The zero-order valence-electron chi connectivity index (χ0n) is 9.17. The van der Waals surface area contributed by atoms with E-state index in [9.17, 15) is 4.79 Å². The summed E-state index contributed by atoms with van der Waals surface area (Å²) in [5.41, 5.74) is 5.39. The summed E-state index contributed by atoms with van der Waals surface area (Å²) in [6, 6.07) is 0. The zero-order valence-corrected chi connectivity index (χ0v) is 9.17. The molecule has 0 bridgehead atoms. The van der Waals surface area contributed by atoms with Crippen LogP contribution < -0.4 is 5.73 Å². The minimum atomic E-state index is 0.313. The van der Waals surface area contributed by atoms with Crippen molar-refractivity contribution in [3.8, 4) is 0 Å². The Morgan fingerprint density at radius 1 is 1.43 bits per heavy atom. The van der Waals surface area contributed by atoms with Crippen molar-refractivity contribution in [1.82, 2.24) is 4.90 Å². The van der Waals surface area contributed by atoms with Crippen molar-refractivity contribution < 1.29 is 4.79 Å². The maximum atomic E-state index is 11.7. The number of carbonyl (C=O) groups is 1. The second-order valence-electron chi connectivity index (χ2n) is 4.12. The molecule has 0 aromatic rings. The molecule has 0 heterocycles. The number of hydrogen-bond donors (Lipinski definition) is 1.